The molecule has 0 aliphatic carbocycles. The van der Waals surface area contributed by atoms with Gasteiger partial charge in [0, 0.05) is 50.7 Å². The first-order valence-corrected chi connectivity index (χ1v) is 7.87. The van der Waals surface area contributed by atoms with Crippen LogP contribution in [-0.4, -0.2) is 46.2 Å². The molecule has 20 heavy (non-hydrogen) atoms. The molecule has 2 heterocycles. The molecule has 2 unspecified atom stereocenters. The van der Waals surface area contributed by atoms with Crippen LogP contribution < -0.4 is 5.32 Å². The summed E-state index contributed by atoms with van der Waals surface area (Å²) in [6.45, 7) is 15.8. The highest BCUT2D eigenvalue weighted by Gasteiger charge is 2.33. The van der Waals surface area contributed by atoms with Crippen molar-refractivity contribution in [3.63, 3.8) is 0 Å². The molecule has 1 fully saturated rings. The maximum atomic E-state index is 4.31. The average Bonchev–Trinajstić information content (AvgIpc) is 2.80. The zero-order valence-corrected chi connectivity index (χ0v) is 13.7. The largest absolute Gasteiger partial charge is 0.334 e. The molecule has 0 radical (unpaired) electrons. The Morgan fingerprint density at radius 2 is 2.10 bits per heavy atom. The van der Waals surface area contributed by atoms with Crippen molar-refractivity contribution in [3.8, 4) is 0 Å². The van der Waals surface area contributed by atoms with Crippen LogP contribution in [0.5, 0.6) is 0 Å². The van der Waals surface area contributed by atoms with E-state index < -0.39 is 0 Å². The molecule has 0 amide bonds. The third-order valence-corrected chi connectivity index (χ3v) is 4.60. The number of rotatable bonds is 4. The van der Waals surface area contributed by atoms with E-state index in [0.29, 0.717) is 17.5 Å². The molecule has 1 N–H and O–H groups in total. The van der Waals surface area contributed by atoms with E-state index in [1.165, 1.54) is 6.42 Å². The Morgan fingerprint density at radius 3 is 2.65 bits per heavy atom. The molecule has 1 saturated heterocycles. The van der Waals surface area contributed by atoms with Gasteiger partial charge in [-0.25, -0.2) is 4.98 Å². The Morgan fingerprint density at radius 1 is 1.35 bits per heavy atom. The molecular weight excluding hydrogens is 248 g/mol. The Kier molecular flexibility index (Phi) is 4.86. The van der Waals surface area contributed by atoms with Crippen molar-refractivity contribution in [3.05, 3.63) is 18.2 Å². The topological polar surface area (TPSA) is 33.1 Å². The monoisotopic (exact) mass is 278 g/mol. The van der Waals surface area contributed by atoms with Gasteiger partial charge in [0.25, 0.3) is 0 Å². The van der Waals surface area contributed by atoms with E-state index in [9.17, 15) is 0 Å². The van der Waals surface area contributed by atoms with E-state index in [4.69, 9.17) is 0 Å². The Balaban J connectivity index is 1.97. The fourth-order valence-electron chi connectivity index (χ4n) is 2.99. The minimum Gasteiger partial charge on any atom is -0.334 e. The fourth-order valence-corrected chi connectivity index (χ4v) is 2.99. The first-order valence-electron chi connectivity index (χ1n) is 7.87. The van der Waals surface area contributed by atoms with Crippen molar-refractivity contribution in [1.82, 2.24) is 19.8 Å². The lowest BCUT2D eigenvalue weighted by atomic mass is 9.84. The summed E-state index contributed by atoms with van der Waals surface area (Å²) in [5, 5.41) is 3.73. The van der Waals surface area contributed by atoms with Gasteiger partial charge in [0.05, 0.1) is 0 Å². The van der Waals surface area contributed by atoms with Crippen molar-refractivity contribution < 1.29 is 0 Å². The van der Waals surface area contributed by atoms with Crippen LogP contribution in [0.4, 0.5) is 0 Å². The van der Waals surface area contributed by atoms with Gasteiger partial charge in [-0.05, 0) is 18.8 Å². The second-order valence-corrected chi connectivity index (χ2v) is 7.05. The molecule has 0 spiro atoms. The Bertz CT molecular complexity index is 418. The predicted molar refractivity (Wildman–Crippen MR) is 83.9 cm³/mol. The molecule has 114 valence electrons. The molecule has 0 saturated carbocycles. The zero-order chi connectivity index (χ0) is 14.8. The van der Waals surface area contributed by atoms with Gasteiger partial charge in [0.1, 0.15) is 5.82 Å². The average molecular weight is 278 g/mol. The number of aryl methyl sites for hydroxylation is 1. The van der Waals surface area contributed by atoms with E-state index in [1.54, 1.807) is 0 Å². The predicted octanol–water partition coefficient (Wildman–Crippen LogP) is 2.29. The molecule has 1 aromatic rings. The fraction of sp³-hybridized carbons (Fsp3) is 0.812. The number of hydrogen-bond donors (Lipinski definition) is 1. The molecule has 1 aliphatic rings. The van der Waals surface area contributed by atoms with Crippen molar-refractivity contribution in [2.24, 2.45) is 5.41 Å². The quantitative estimate of drug-likeness (QED) is 0.917. The minimum atomic E-state index is 0.321. The van der Waals surface area contributed by atoms with Crippen molar-refractivity contribution in [2.45, 2.75) is 59.7 Å². The number of nitrogens with one attached hydrogen (secondary N) is 1. The van der Waals surface area contributed by atoms with Gasteiger partial charge >= 0.3 is 0 Å². The molecular formula is C16H30N4. The van der Waals surface area contributed by atoms with Crippen LogP contribution in [0.3, 0.4) is 0 Å². The highest BCUT2D eigenvalue weighted by atomic mass is 15.2. The van der Waals surface area contributed by atoms with Crippen LogP contribution in [0.25, 0.3) is 0 Å². The molecule has 0 bridgehead atoms. The first kappa shape index (κ1) is 15.5. The molecule has 1 aliphatic heterocycles. The Labute approximate surface area is 123 Å². The SMILES string of the molecule is CCC1CNC(C(C)(C)C)CN1CCn1ccnc1C. The number of imidazole rings is 1. The van der Waals surface area contributed by atoms with E-state index in [0.717, 1.165) is 32.0 Å². The van der Waals surface area contributed by atoms with Gasteiger partial charge in [0.2, 0.25) is 0 Å². The van der Waals surface area contributed by atoms with Crippen molar-refractivity contribution in [2.75, 3.05) is 19.6 Å². The lowest BCUT2D eigenvalue weighted by Gasteiger charge is -2.45. The molecule has 0 aromatic carbocycles. The summed E-state index contributed by atoms with van der Waals surface area (Å²) >= 11 is 0. The van der Waals surface area contributed by atoms with Crippen LogP contribution in [0.2, 0.25) is 0 Å². The first-order chi connectivity index (χ1) is 9.41. The maximum Gasteiger partial charge on any atom is 0.105 e. The van der Waals surface area contributed by atoms with Crippen LogP contribution in [-0.2, 0) is 6.54 Å². The standard InChI is InChI=1S/C16H30N4/c1-6-14-11-18-15(16(3,4)5)12-20(14)10-9-19-8-7-17-13(19)2/h7-8,14-15,18H,6,9-12H2,1-5H3. The highest BCUT2D eigenvalue weighted by molar-refractivity contribution is 4.93. The van der Waals surface area contributed by atoms with Gasteiger partial charge in [-0.2, -0.15) is 0 Å². The number of nitrogens with zero attached hydrogens (tertiary/aromatic N) is 3. The van der Waals surface area contributed by atoms with Crippen LogP contribution in [0.15, 0.2) is 12.4 Å². The Hall–Kier alpha value is -0.870. The smallest absolute Gasteiger partial charge is 0.105 e. The minimum absolute atomic E-state index is 0.321. The van der Waals surface area contributed by atoms with Gasteiger partial charge in [-0.15, -0.1) is 0 Å². The lowest BCUT2D eigenvalue weighted by Crippen LogP contribution is -2.60. The van der Waals surface area contributed by atoms with Crippen molar-refractivity contribution in [1.29, 1.82) is 0 Å². The molecule has 4 nitrogen and oxygen atoms in total. The molecule has 4 heteroatoms. The van der Waals surface area contributed by atoms with Gasteiger partial charge in [-0.1, -0.05) is 27.7 Å². The molecule has 2 atom stereocenters. The summed E-state index contributed by atoms with van der Waals surface area (Å²) in [4.78, 5) is 6.96. The van der Waals surface area contributed by atoms with Crippen LogP contribution >= 0.6 is 0 Å². The van der Waals surface area contributed by atoms with Crippen molar-refractivity contribution >= 4 is 0 Å². The highest BCUT2D eigenvalue weighted by Crippen LogP contribution is 2.24. The summed E-state index contributed by atoms with van der Waals surface area (Å²) in [7, 11) is 0. The third-order valence-electron chi connectivity index (χ3n) is 4.60. The van der Waals surface area contributed by atoms with Gasteiger partial charge < -0.3 is 9.88 Å². The summed E-state index contributed by atoms with van der Waals surface area (Å²) < 4.78 is 2.25. The van der Waals surface area contributed by atoms with E-state index >= 15 is 0 Å². The van der Waals surface area contributed by atoms with Gasteiger partial charge in [-0.3, -0.25) is 4.90 Å². The number of piperazine rings is 1. The number of aromatic nitrogens is 2. The maximum absolute atomic E-state index is 4.31. The number of hydrogen-bond acceptors (Lipinski definition) is 3. The summed E-state index contributed by atoms with van der Waals surface area (Å²) in [5.74, 6) is 1.11. The van der Waals surface area contributed by atoms with Gasteiger partial charge in [0.15, 0.2) is 0 Å². The summed E-state index contributed by atoms with van der Waals surface area (Å²) in [6.07, 6.45) is 5.19. The van der Waals surface area contributed by atoms with E-state index in [-0.39, 0.29) is 0 Å². The third kappa shape index (κ3) is 3.61. The summed E-state index contributed by atoms with van der Waals surface area (Å²) in [6, 6.07) is 1.24. The normalized spacial score (nSPS) is 25.1. The van der Waals surface area contributed by atoms with Crippen LogP contribution in [0.1, 0.15) is 39.9 Å². The second kappa shape index (κ2) is 6.27. The van der Waals surface area contributed by atoms with E-state index in [1.807, 2.05) is 6.20 Å². The zero-order valence-electron chi connectivity index (χ0n) is 13.7. The lowest BCUT2D eigenvalue weighted by molar-refractivity contribution is 0.0805. The molecule has 2 rings (SSSR count). The second-order valence-electron chi connectivity index (χ2n) is 7.05. The van der Waals surface area contributed by atoms with Crippen LogP contribution in [0, 0.1) is 12.3 Å². The summed E-state index contributed by atoms with van der Waals surface area (Å²) in [5.41, 5.74) is 0.321. The van der Waals surface area contributed by atoms with E-state index in [2.05, 4.69) is 60.6 Å². The molecule has 1 aromatic heterocycles.